The molecule has 0 bridgehead atoms. The number of aromatic nitrogens is 1. The maximum Gasteiger partial charge on any atom is 0.292 e. The number of rotatable bonds is 7. The highest BCUT2D eigenvalue weighted by atomic mass is 16.5. The third-order valence-corrected chi connectivity index (χ3v) is 2.52. The molecule has 20 heavy (non-hydrogen) atoms. The third kappa shape index (κ3) is 5.14. The normalized spacial score (nSPS) is 10.1. The molecule has 0 aliphatic rings. The summed E-state index contributed by atoms with van der Waals surface area (Å²) in [7, 11) is 0. The molecule has 1 heterocycles. The molecule has 0 aliphatic heterocycles. The van der Waals surface area contributed by atoms with Crippen molar-refractivity contribution < 1.29 is 9.53 Å². The monoisotopic (exact) mass is 277 g/mol. The van der Waals surface area contributed by atoms with Crippen molar-refractivity contribution in [1.82, 2.24) is 9.88 Å². The second-order valence-electron chi connectivity index (χ2n) is 4.77. The summed E-state index contributed by atoms with van der Waals surface area (Å²) in [5.41, 5.74) is -0.334. The van der Waals surface area contributed by atoms with Gasteiger partial charge in [-0.25, -0.2) is 0 Å². The van der Waals surface area contributed by atoms with Crippen LogP contribution in [0.1, 0.15) is 20.3 Å². The lowest BCUT2D eigenvalue weighted by molar-refractivity contribution is -0.123. The number of nitriles is 1. The minimum absolute atomic E-state index is 0.116. The molecule has 0 saturated carbocycles. The number of aryl methyl sites for hydroxylation is 1. The highest BCUT2D eigenvalue weighted by molar-refractivity contribution is 5.77. The van der Waals surface area contributed by atoms with E-state index in [4.69, 9.17) is 10.00 Å². The Labute approximate surface area is 118 Å². The Morgan fingerprint density at radius 2 is 2.30 bits per heavy atom. The Bertz CT molecular complexity index is 543. The molecule has 6 nitrogen and oxygen atoms in total. The van der Waals surface area contributed by atoms with Gasteiger partial charge in [0.1, 0.15) is 0 Å². The first-order valence-corrected chi connectivity index (χ1v) is 6.50. The predicted octanol–water partition coefficient (Wildman–Crippen LogP) is 0.913. The maximum absolute atomic E-state index is 12.0. The van der Waals surface area contributed by atoms with Gasteiger partial charge in [0.25, 0.3) is 11.5 Å². The largest absolute Gasteiger partial charge is 0.478 e. The third-order valence-electron chi connectivity index (χ3n) is 2.52. The van der Waals surface area contributed by atoms with Crippen LogP contribution in [0.5, 0.6) is 5.75 Å². The molecule has 0 unspecified atom stereocenters. The van der Waals surface area contributed by atoms with Gasteiger partial charge in [-0.15, -0.1) is 0 Å². The number of amides is 1. The van der Waals surface area contributed by atoms with Gasteiger partial charge in [-0.05, 0) is 18.1 Å². The van der Waals surface area contributed by atoms with E-state index < -0.39 is 0 Å². The molecule has 1 amide bonds. The molecule has 0 aliphatic carbocycles. The summed E-state index contributed by atoms with van der Waals surface area (Å²) >= 11 is 0. The highest BCUT2D eigenvalue weighted by Crippen LogP contribution is 2.02. The van der Waals surface area contributed by atoms with E-state index in [0.29, 0.717) is 19.0 Å². The number of ether oxygens (including phenoxy) is 1. The fraction of sp³-hybridized carbons (Fsp3) is 0.500. The van der Waals surface area contributed by atoms with Crippen LogP contribution in [0, 0.1) is 17.2 Å². The Balaban J connectivity index is 2.58. The van der Waals surface area contributed by atoms with Gasteiger partial charge in [0.2, 0.25) is 0 Å². The summed E-state index contributed by atoms with van der Waals surface area (Å²) in [6.07, 6.45) is 1.84. The summed E-state index contributed by atoms with van der Waals surface area (Å²) in [5.74, 6) is 0.217. The first-order chi connectivity index (χ1) is 9.54. The zero-order valence-corrected chi connectivity index (χ0v) is 11.8. The van der Waals surface area contributed by atoms with E-state index in [1.807, 2.05) is 19.9 Å². The predicted molar refractivity (Wildman–Crippen MR) is 74.3 cm³/mol. The molecule has 1 aromatic rings. The first kappa shape index (κ1) is 15.8. The lowest BCUT2D eigenvalue weighted by Crippen LogP contribution is -2.33. The zero-order valence-electron chi connectivity index (χ0n) is 11.8. The Hall–Kier alpha value is -2.29. The zero-order chi connectivity index (χ0) is 15.0. The van der Waals surface area contributed by atoms with Gasteiger partial charge >= 0.3 is 0 Å². The topological polar surface area (TPSA) is 84.1 Å². The van der Waals surface area contributed by atoms with E-state index in [1.54, 1.807) is 12.3 Å². The van der Waals surface area contributed by atoms with Crippen LogP contribution in [0.15, 0.2) is 23.1 Å². The van der Waals surface area contributed by atoms with Crippen LogP contribution in [0.25, 0.3) is 0 Å². The summed E-state index contributed by atoms with van der Waals surface area (Å²) in [5, 5.41) is 11.2. The Morgan fingerprint density at radius 3 is 2.95 bits per heavy atom. The Kier molecular flexibility index (Phi) is 6.30. The van der Waals surface area contributed by atoms with Gasteiger partial charge in [0.05, 0.1) is 12.5 Å². The molecule has 0 aromatic carbocycles. The quantitative estimate of drug-likeness (QED) is 0.803. The molecule has 0 saturated heterocycles. The second-order valence-corrected chi connectivity index (χ2v) is 4.77. The maximum atomic E-state index is 12.0. The molecular weight excluding hydrogens is 258 g/mol. The van der Waals surface area contributed by atoms with Crippen LogP contribution in [-0.4, -0.2) is 23.6 Å². The lowest BCUT2D eigenvalue weighted by atomic mass is 10.2. The second kappa shape index (κ2) is 8.00. The molecule has 0 spiro atoms. The van der Waals surface area contributed by atoms with Crippen LogP contribution in [-0.2, 0) is 11.3 Å². The molecule has 1 aromatic heterocycles. The van der Waals surface area contributed by atoms with Crippen LogP contribution < -0.4 is 15.6 Å². The summed E-state index contributed by atoms with van der Waals surface area (Å²) in [4.78, 5) is 23.5. The fourth-order valence-corrected chi connectivity index (χ4v) is 1.48. The molecule has 6 heteroatoms. The molecule has 1 rings (SSSR count). The average molecular weight is 277 g/mol. The molecule has 0 atom stereocenters. The van der Waals surface area contributed by atoms with Crippen molar-refractivity contribution >= 4 is 5.91 Å². The number of nitrogens with one attached hydrogen (secondary N) is 1. The minimum Gasteiger partial charge on any atom is -0.478 e. The van der Waals surface area contributed by atoms with Crippen molar-refractivity contribution in [1.29, 1.82) is 5.26 Å². The number of pyridine rings is 1. The van der Waals surface area contributed by atoms with Crippen molar-refractivity contribution in [3.8, 4) is 11.8 Å². The molecule has 0 fully saturated rings. The van der Waals surface area contributed by atoms with Crippen molar-refractivity contribution in [3.05, 3.63) is 28.7 Å². The van der Waals surface area contributed by atoms with Crippen LogP contribution in [0.2, 0.25) is 0 Å². The van der Waals surface area contributed by atoms with Gasteiger partial charge < -0.3 is 14.6 Å². The number of hydrogen-bond acceptors (Lipinski definition) is 4. The Morgan fingerprint density at radius 1 is 1.55 bits per heavy atom. The van der Waals surface area contributed by atoms with Gasteiger partial charge in [0.15, 0.2) is 12.4 Å². The number of carbonyl (C=O) groups is 1. The summed E-state index contributed by atoms with van der Waals surface area (Å²) < 4.78 is 6.62. The van der Waals surface area contributed by atoms with Gasteiger partial charge in [-0.1, -0.05) is 13.8 Å². The van der Waals surface area contributed by atoms with Crippen molar-refractivity contribution in [2.75, 3.05) is 13.2 Å². The van der Waals surface area contributed by atoms with E-state index in [0.717, 1.165) is 0 Å². The minimum atomic E-state index is -0.334. The molecule has 0 radical (unpaired) electrons. The van der Waals surface area contributed by atoms with E-state index in [2.05, 4.69) is 5.32 Å². The van der Waals surface area contributed by atoms with E-state index in [-0.39, 0.29) is 30.2 Å². The van der Waals surface area contributed by atoms with Gasteiger partial charge in [-0.2, -0.15) is 5.26 Å². The van der Waals surface area contributed by atoms with Crippen LogP contribution in [0.3, 0.4) is 0 Å². The van der Waals surface area contributed by atoms with Crippen molar-refractivity contribution in [2.24, 2.45) is 5.92 Å². The summed E-state index contributed by atoms with van der Waals surface area (Å²) in [6.45, 7) is 4.68. The number of hydrogen-bond donors (Lipinski definition) is 1. The van der Waals surface area contributed by atoms with Gasteiger partial charge in [-0.3, -0.25) is 9.59 Å². The first-order valence-electron chi connectivity index (χ1n) is 6.50. The smallest absolute Gasteiger partial charge is 0.292 e. The lowest BCUT2D eigenvalue weighted by Gasteiger charge is -2.10. The van der Waals surface area contributed by atoms with Crippen molar-refractivity contribution in [3.63, 3.8) is 0 Å². The SMILES string of the molecule is CC(C)CNC(=O)COc1cccn(CCC#N)c1=O. The molecular formula is C14H19N3O3. The van der Waals surface area contributed by atoms with Crippen molar-refractivity contribution in [2.45, 2.75) is 26.8 Å². The molecule has 108 valence electrons. The van der Waals surface area contributed by atoms with Gasteiger partial charge in [0, 0.05) is 19.3 Å². The highest BCUT2D eigenvalue weighted by Gasteiger charge is 2.07. The molecule has 1 N–H and O–H groups in total. The number of nitrogens with zero attached hydrogens (tertiary/aromatic N) is 2. The standard InChI is InChI=1S/C14H19N3O3/c1-11(2)9-16-13(18)10-20-12-5-3-7-17(14(12)19)8-4-6-15/h3,5,7,11H,4,8-10H2,1-2H3,(H,16,18). The fourth-order valence-electron chi connectivity index (χ4n) is 1.48. The van der Waals surface area contributed by atoms with E-state index in [9.17, 15) is 9.59 Å². The van der Waals surface area contributed by atoms with E-state index >= 15 is 0 Å². The summed E-state index contributed by atoms with van der Waals surface area (Å²) in [6, 6.07) is 5.14. The van der Waals surface area contributed by atoms with E-state index in [1.165, 1.54) is 10.6 Å². The average Bonchev–Trinajstić information content (AvgIpc) is 2.42. The number of carbonyl (C=O) groups excluding carboxylic acids is 1. The van der Waals surface area contributed by atoms with Crippen LogP contribution in [0.4, 0.5) is 0 Å². The van der Waals surface area contributed by atoms with Crippen LogP contribution >= 0.6 is 0 Å².